The molecule has 0 aliphatic rings. The Balaban J connectivity index is 1.55. The van der Waals surface area contributed by atoms with Crippen LogP contribution in [0.1, 0.15) is 0 Å². The van der Waals surface area contributed by atoms with Crippen LogP contribution in [-0.4, -0.2) is 9.13 Å². The molecule has 10 rings (SSSR count). The van der Waals surface area contributed by atoms with Gasteiger partial charge in [-0.2, -0.15) is 0 Å². The van der Waals surface area contributed by atoms with Gasteiger partial charge in [0.2, 0.25) is 0 Å². The lowest BCUT2D eigenvalue weighted by Crippen LogP contribution is -1.95. The Morgan fingerprint density at radius 2 is 0.930 bits per heavy atom. The van der Waals surface area contributed by atoms with Crippen molar-refractivity contribution < 1.29 is 4.42 Å². The second-order valence-electron chi connectivity index (χ2n) is 11.3. The Morgan fingerprint density at radius 3 is 1.70 bits per heavy atom. The van der Waals surface area contributed by atoms with Gasteiger partial charge in [-0.05, 0) is 53.9 Å². The van der Waals surface area contributed by atoms with Gasteiger partial charge >= 0.3 is 0 Å². The fraction of sp³-hybridized carbons (Fsp3) is 0. The molecule has 0 N–H and O–H groups in total. The molecule has 3 aromatic heterocycles. The zero-order chi connectivity index (χ0) is 28.1. The van der Waals surface area contributed by atoms with Gasteiger partial charge in [0.15, 0.2) is 0 Å². The van der Waals surface area contributed by atoms with E-state index in [2.05, 4.69) is 155 Å². The number of aromatic nitrogens is 2. The predicted octanol–water partition coefficient (Wildman–Crippen LogP) is 10.9. The first-order valence-electron chi connectivity index (χ1n) is 14.7. The molecule has 200 valence electrons. The van der Waals surface area contributed by atoms with Crippen LogP contribution >= 0.6 is 0 Å². The Kier molecular flexibility index (Phi) is 4.45. The number of benzene rings is 7. The molecular weight excluding hydrogens is 524 g/mol. The van der Waals surface area contributed by atoms with Gasteiger partial charge < -0.3 is 13.6 Å². The topological polar surface area (TPSA) is 23.0 Å². The number of furan rings is 1. The van der Waals surface area contributed by atoms with Crippen molar-refractivity contribution in [1.29, 1.82) is 0 Å². The van der Waals surface area contributed by atoms with Gasteiger partial charge in [0, 0.05) is 43.7 Å². The highest BCUT2D eigenvalue weighted by atomic mass is 16.3. The summed E-state index contributed by atoms with van der Waals surface area (Å²) in [4.78, 5) is 0. The second kappa shape index (κ2) is 8.37. The predicted molar refractivity (Wildman–Crippen MR) is 180 cm³/mol. The summed E-state index contributed by atoms with van der Waals surface area (Å²) in [7, 11) is 0. The molecule has 3 nitrogen and oxygen atoms in total. The molecule has 0 bridgehead atoms. The van der Waals surface area contributed by atoms with Crippen LogP contribution in [0.3, 0.4) is 0 Å². The minimum atomic E-state index is 0.914. The van der Waals surface area contributed by atoms with Crippen LogP contribution in [0.25, 0.3) is 87.7 Å². The molecule has 0 aliphatic carbocycles. The van der Waals surface area contributed by atoms with Crippen LogP contribution in [0.5, 0.6) is 0 Å². The normalized spacial score (nSPS) is 12.2. The highest BCUT2D eigenvalue weighted by Crippen LogP contribution is 2.48. The van der Waals surface area contributed by atoms with E-state index in [4.69, 9.17) is 4.42 Å². The highest BCUT2D eigenvalue weighted by Gasteiger charge is 2.25. The van der Waals surface area contributed by atoms with Gasteiger partial charge in [0.1, 0.15) is 11.2 Å². The number of hydrogen-bond acceptors (Lipinski definition) is 1. The van der Waals surface area contributed by atoms with E-state index in [0.717, 1.165) is 33.3 Å². The molecule has 0 saturated heterocycles. The van der Waals surface area contributed by atoms with E-state index in [1.807, 2.05) is 0 Å². The van der Waals surface area contributed by atoms with Crippen molar-refractivity contribution in [3.05, 3.63) is 146 Å². The first-order chi connectivity index (χ1) is 21.4. The average Bonchev–Trinajstić information content (AvgIpc) is 3.73. The van der Waals surface area contributed by atoms with Crippen LogP contribution in [0.15, 0.2) is 150 Å². The molecule has 0 amide bonds. The largest absolute Gasteiger partial charge is 0.455 e. The third-order valence-corrected chi connectivity index (χ3v) is 9.07. The van der Waals surface area contributed by atoms with E-state index in [0.29, 0.717) is 0 Å². The van der Waals surface area contributed by atoms with E-state index in [1.54, 1.807) is 0 Å². The third kappa shape index (κ3) is 2.93. The fourth-order valence-electron chi connectivity index (χ4n) is 7.40. The van der Waals surface area contributed by atoms with Crippen molar-refractivity contribution in [2.75, 3.05) is 0 Å². The minimum Gasteiger partial charge on any atom is -0.455 e. The van der Waals surface area contributed by atoms with Crippen LogP contribution in [0.4, 0.5) is 0 Å². The van der Waals surface area contributed by atoms with E-state index < -0.39 is 0 Å². The van der Waals surface area contributed by atoms with E-state index >= 15 is 0 Å². The van der Waals surface area contributed by atoms with Gasteiger partial charge in [-0.25, -0.2) is 0 Å². The van der Waals surface area contributed by atoms with Crippen molar-refractivity contribution in [3.8, 4) is 11.4 Å². The smallest absolute Gasteiger partial charge is 0.146 e. The number of nitrogens with zero attached hydrogens (tertiary/aromatic N) is 2. The van der Waals surface area contributed by atoms with E-state index in [1.165, 1.54) is 54.4 Å². The van der Waals surface area contributed by atoms with Gasteiger partial charge in [-0.1, -0.05) is 97.1 Å². The summed E-state index contributed by atoms with van der Waals surface area (Å²) in [5.41, 5.74) is 8.89. The van der Waals surface area contributed by atoms with Crippen molar-refractivity contribution in [2.45, 2.75) is 0 Å². The average molecular weight is 549 g/mol. The molecule has 0 atom stereocenters. The van der Waals surface area contributed by atoms with Crippen LogP contribution in [-0.2, 0) is 0 Å². The van der Waals surface area contributed by atoms with Crippen LogP contribution < -0.4 is 0 Å². The summed E-state index contributed by atoms with van der Waals surface area (Å²) >= 11 is 0. The number of rotatable bonds is 2. The Bertz CT molecular complexity index is 2710. The summed E-state index contributed by atoms with van der Waals surface area (Å²) in [5.74, 6) is 0. The van der Waals surface area contributed by atoms with Gasteiger partial charge in [-0.15, -0.1) is 0 Å². The van der Waals surface area contributed by atoms with Crippen LogP contribution in [0.2, 0.25) is 0 Å². The highest BCUT2D eigenvalue weighted by molar-refractivity contribution is 6.37. The van der Waals surface area contributed by atoms with Crippen LogP contribution in [0, 0.1) is 0 Å². The van der Waals surface area contributed by atoms with Crippen molar-refractivity contribution >= 4 is 76.3 Å². The molecular formula is C40H24N2O. The molecule has 3 heteroatoms. The summed E-state index contributed by atoms with van der Waals surface area (Å²) in [6.45, 7) is 0. The summed E-state index contributed by atoms with van der Waals surface area (Å²) in [5, 5.41) is 9.58. The first-order valence-corrected chi connectivity index (χ1v) is 14.7. The second-order valence-corrected chi connectivity index (χ2v) is 11.3. The van der Waals surface area contributed by atoms with E-state index in [9.17, 15) is 0 Å². The Hall–Kier alpha value is -5.80. The summed E-state index contributed by atoms with van der Waals surface area (Å²) in [6, 6.07) is 52.0. The van der Waals surface area contributed by atoms with E-state index in [-0.39, 0.29) is 0 Å². The lowest BCUT2D eigenvalue weighted by atomic mass is 9.99. The molecule has 0 saturated carbocycles. The molecule has 43 heavy (non-hydrogen) atoms. The fourth-order valence-corrected chi connectivity index (χ4v) is 7.40. The molecule has 0 aliphatic heterocycles. The number of para-hydroxylation sites is 4. The van der Waals surface area contributed by atoms with Gasteiger partial charge in [0.05, 0.1) is 27.5 Å². The van der Waals surface area contributed by atoms with Crippen molar-refractivity contribution in [3.63, 3.8) is 0 Å². The number of hydrogen-bond donors (Lipinski definition) is 0. The summed E-state index contributed by atoms with van der Waals surface area (Å²) < 4.78 is 11.7. The number of fused-ring (bicyclic) bond motifs is 14. The molecule has 10 aromatic rings. The zero-order valence-corrected chi connectivity index (χ0v) is 23.2. The molecule has 7 aromatic carbocycles. The summed E-state index contributed by atoms with van der Waals surface area (Å²) in [6.07, 6.45) is 0. The maximum atomic E-state index is 6.79. The third-order valence-electron chi connectivity index (χ3n) is 9.07. The maximum absolute atomic E-state index is 6.79. The SMILES string of the molecule is c1ccc(-n2c3ccccc3c3c2ccc2c4c5oc6ccccc6c5c5ccccc5c4n(-c4ccccc4)c23)cc1. The van der Waals surface area contributed by atoms with Crippen molar-refractivity contribution in [2.24, 2.45) is 0 Å². The van der Waals surface area contributed by atoms with Gasteiger partial charge in [0.25, 0.3) is 0 Å². The molecule has 3 heterocycles. The molecule has 0 fully saturated rings. The monoisotopic (exact) mass is 548 g/mol. The maximum Gasteiger partial charge on any atom is 0.146 e. The Morgan fingerprint density at radius 1 is 0.349 bits per heavy atom. The zero-order valence-electron chi connectivity index (χ0n) is 23.2. The minimum absolute atomic E-state index is 0.914. The first kappa shape index (κ1) is 22.8. The molecule has 0 spiro atoms. The molecule has 0 unspecified atom stereocenters. The standard InChI is InChI=1S/C40H24N2O/c1-3-13-25(14-4-1)41-32-21-11-9-19-29(32)36-33(41)24-23-31-37-38(42(39(31)36)26-15-5-2-6-16-26)28-18-8-7-17-27(28)35-30-20-10-12-22-34(30)43-40(35)37/h1-24H. The lowest BCUT2D eigenvalue weighted by molar-refractivity contribution is 0.673. The lowest BCUT2D eigenvalue weighted by Gasteiger charge is -2.11. The van der Waals surface area contributed by atoms with Crippen molar-refractivity contribution in [1.82, 2.24) is 9.13 Å². The Labute approximate surface area is 246 Å². The molecule has 0 radical (unpaired) electrons. The quantitative estimate of drug-likeness (QED) is 0.211. The van der Waals surface area contributed by atoms with Gasteiger partial charge in [-0.3, -0.25) is 0 Å².